The molecule has 9 N–H and O–H groups in total. The highest BCUT2D eigenvalue weighted by Crippen LogP contribution is 2.47. The second-order valence-electron chi connectivity index (χ2n) is 24.5. The highest BCUT2D eigenvalue weighted by atomic mass is 35.5. The number of piperazine rings is 1. The van der Waals surface area contributed by atoms with E-state index in [9.17, 15) is 43.2 Å². The highest BCUT2D eigenvalue weighted by Gasteiger charge is 2.44. The lowest BCUT2D eigenvalue weighted by atomic mass is 9.88. The minimum atomic E-state index is -1.08. The lowest BCUT2D eigenvalue weighted by molar-refractivity contribution is -0.138. The van der Waals surface area contributed by atoms with Gasteiger partial charge in [-0.2, -0.15) is 0 Å². The number of likely N-dealkylation sites (N-methyl/N-ethyl adjacent to an activating group) is 1. The molecule has 2 saturated heterocycles. The van der Waals surface area contributed by atoms with E-state index in [1.165, 1.54) is 42.7 Å². The Morgan fingerprint density at radius 3 is 2.24 bits per heavy atom. The summed E-state index contributed by atoms with van der Waals surface area (Å²) in [6.07, 6.45) is 7.65. The number of alkyl halides is 1. The number of carbonyl (C=O) groups is 9. The van der Waals surface area contributed by atoms with Gasteiger partial charge in [-0.25, -0.2) is 9.59 Å². The van der Waals surface area contributed by atoms with Crippen LogP contribution in [-0.4, -0.2) is 167 Å². The monoisotopic (exact) mass is 1270 g/mol. The van der Waals surface area contributed by atoms with E-state index in [-0.39, 0.29) is 97.6 Å². The molecule has 5 aromatic rings. The first kappa shape index (κ1) is 66.4. The zero-order valence-corrected chi connectivity index (χ0v) is 53.3. The molecule has 24 heteroatoms. The maximum Gasteiger partial charge on any atom is 0.415 e. The number of thioether (sulfide) groups is 1. The number of anilines is 3. The molecule has 3 aliphatic heterocycles. The molecule has 0 radical (unpaired) electrons. The third-order valence-corrected chi connectivity index (χ3v) is 19.4. The number of nitrogens with zero attached hydrogens (tertiary/aromatic N) is 4. The Labute approximate surface area is 533 Å². The minimum absolute atomic E-state index is 0.0947. The maximum absolute atomic E-state index is 14.5. The standard InChI is InChI=1S/C66H83ClN12O10S/c1-40(2)58(70-28-27-69-55(80)19-13-29-78-56(81)37-54(63(78)86)90-66(3,4)44-14-8-6-7-9-15-44)61(84)75-50(18-12-26-71-64(68)87)60(83)72-45-22-20-41(21-23-45)59(82)73-46-24-25-49-42(34-46)35-51(74-49)62(85)79-39-43(38-67)57-48-17-11-10-16-47(48)53(36-52(57)79)89-65(88)77-32-30-76(5)31-33-77/h10-11,16-17,20-25,34-36,43-44,50,54,58,70,74H,1,6-9,12-15,18-19,26-33,37-39H2,2-5H3,(H,69,80)(H,72,83)(H,73,82)(H,75,84)(H3,68,71,87)/t43-,50+,54?,58+/m1/s1. The summed E-state index contributed by atoms with van der Waals surface area (Å²) >= 11 is 8.20. The van der Waals surface area contributed by atoms with Crippen molar-refractivity contribution in [2.45, 2.75) is 119 Å². The molecule has 22 nitrogen and oxygen atoms in total. The molecule has 9 rings (SSSR count). The van der Waals surface area contributed by atoms with Gasteiger partial charge in [0.15, 0.2) is 0 Å². The SMILES string of the molecule is C=C(C)[C@H](NCCNC(=O)CCCN1C(=O)CC(SC(C)(C)C2CCCCCC2)C1=O)C(=O)N[C@@H](CCCNC(N)=O)C(=O)Nc1ccc(C(=O)Nc2ccc3[nH]c(C(=O)N4C[C@@H](CCl)c5c4cc(OC(=O)N4CCN(C)CC4)c4ccccc54)cc3c2)cc1. The Morgan fingerprint density at radius 1 is 0.833 bits per heavy atom. The summed E-state index contributed by atoms with van der Waals surface area (Å²) in [5.41, 5.74) is 9.25. The van der Waals surface area contributed by atoms with Crippen molar-refractivity contribution >= 4 is 116 Å². The van der Waals surface area contributed by atoms with E-state index >= 15 is 0 Å². The van der Waals surface area contributed by atoms with Crippen LogP contribution < -0.4 is 47.3 Å². The number of benzene rings is 4. The van der Waals surface area contributed by atoms with E-state index < -0.39 is 47.2 Å². The van der Waals surface area contributed by atoms with Crippen molar-refractivity contribution < 1.29 is 47.9 Å². The quantitative estimate of drug-likeness (QED) is 0.00900. The molecule has 1 unspecified atom stereocenters. The first-order valence-electron chi connectivity index (χ1n) is 31.1. The summed E-state index contributed by atoms with van der Waals surface area (Å²) < 4.78 is 5.95. The summed E-state index contributed by atoms with van der Waals surface area (Å²) in [4.78, 5) is 130. The van der Waals surface area contributed by atoms with Crippen molar-refractivity contribution in [2.75, 3.05) is 87.4 Å². The van der Waals surface area contributed by atoms with E-state index in [0.29, 0.717) is 77.0 Å². The van der Waals surface area contributed by atoms with E-state index in [1.807, 2.05) is 31.3 Å². The number of nitrogens with two attached hydrogens (primary N) is 1. The number of hydrogen-bond acceptors (Lipinski definition) is 13. The zero-order valence-electron chi connectivity index (χ0n) is 51.7. The van der Waals surface area contributed by atoms with Gasteiger partial charge in [-0.1, -0.05) is 75.9 Å². The second-order valence-corrected chi connectivity index (χ2v) is 26.6. The smallest absolute Gasteiger partial charge is 0.409 e. The number of halogens is 1. The third-order valence-electron chi connectivity index (χ3n) is 17.5. The van der Waals surface area contributed by atoms with Gasteiger partial charge in [-0.05, 0) is 111 Å². The van der Waals surface area contributed by atoms with Crippen LogP contribution in [0.4, 0.5) is 26.7 Å². The highest BCUT2D eigenvalue weighted by molar-refractivity contribution is 8.02. The van der Waals surface area contributed by atoms with E-state index in [1.54, 1.807) is 71.0 Å². The number of H-pyrrole nitrogens is 1. The van der Waals surface area contributed by atoms with Crippen LogP contribution >= 0.6 is 23.4 Å². The molecule has 1 saturated carbocycles. The van der Waals surface area contributed by atoms with Crippen LogP contribution in [0, 0.1) is 5.92 Å². The molecular weight excluding hydrogens is 1190 g/mol. The number of aromatic amines is 1. The molecular formula is C66H83ClN12O10S. The molecule has 1 aliphatic carbocycles. The van der Waals surface area contributed by atoms with E-state index in [0.717, 1.165) is 42.3 Å². The van der Waals surface area contributed by atoms with Crippen LogP contribution in [0.2, 0.25) is 0 Å². The number of carbonyl (C=O) groups excluding carboxylic acids is 9. The fourth-order valence-electron chi connectivity index (χ4n) is 12.4. The van der Waals surface area contributed by atoms with Gasteiger partial charge in [0.1, 0.15) is 23.5 Å². The predicted molar refractivity (Wildman–Crippen MR) is 351 cm³/mol. The molecule has 4 aliphatic rings. The molecule has 4 aromatic carbocycles. The molecule has 4 heterocycles. The van der Waals surface area contributed by atoms with Gasteiger partial charge in [0.25, 0.3) is 11.8 Å². The topological polar surface area (TPSA) is 290 Å². The third kappa shape index (κ3) is 16.5. The van der Waals surface area contributed by atoms with Crippen LogP contribution in [0.3, 0.4) is 0 Å². The van der Waals surface area contributed by atoms with Crippen molar-refractivity contribution in [1.29, 1.82) is 0 Å². The van der Waals surface area contributed by atoms with Crippen LogP contribution in [0.1, 0.15) is 124 Å². The predicted octanol–water partition coefficient (Wildman–Crippen LogP) is 8.21. The van der Waals surface area contributed by atoms with Crippen molar-refractivity contribution in [2.24, 2.45) is 11.7 Å². The van der Waals surface area contributed by atoms with E-state index in [2.05, 4.69) is 62.2 Å². The summed E-state index contributed by atoms with van der Waals surface area (Å²) in [6.45, 7) is 13.5. The number of fused-ring (bicyclic) bond motifs is 4. The fourth-order valence-corrected chi connectivity index (χ4v) is 14.3. The van der Waals surface area contributed by atoms with Crippen LogP contribution in [0.15, 0.2) is 91.0 Å². The van der Waals surface area contributed by atoms with Gasteiger partial charge in [0.2, 0.25) is 29.5 Å². The average molecular weight is 1270 g/mol. The number of primary amides is 1. The summed E-state index contributed by atoms with van der Waals surface area (Å²) in [5, 5.41) is 18.8. The molecule has 10 amide bonds. The Morgan fingerprint density at radius 2 is 1.54 bits per heavy atom. The number of aromatic nitrogens is 1. The minimum Gasteiger partial charge on any atom is -0.409 e. The van der Waals surface area contributed by atoms with Gasteiger partial charge in [0.05, 0.1) is 10.9 Å². The van der Waals surface area contributed by atoms with Gasteiger partial charge in [0, 0.05) is 128 Å². The molecule has 1 aromatic heterocycles. The summed E-state index contributed by atoms with van der Waals surface area (Å²) in [6, 6.07) is 19.7. The van der Waals surface area contributed by atoms with Crippen molar-refractivity contribution in [1.82, 2.24) is 41.0 Å². The Balaban J connectivity index is 0.760. The number of ether oxygens (including phenoxy) is 1. The number of amides is 10. The lowest BCUT2D eigenvalue weighted by Gasteiger charge is -2.35. The average Bonchev–Trinajstić information content (AvgIpc) is 1.58. The van der Waals surface area contributed by atoms with E-state index in [4.69, 9.17) is 22.1 Å². The van der Waals surface area contributed by atoms with Gasteiger partial charge >= 0.3 is 12.1 Å². The zero-order chi connectivity index (χ0) is 64.2. The first-order chi connectivity index (χ1) is 43.2. The summed E-state index contributed by atoms with van der Waals surface area (Å²) in [5.74, 6) is -1.61. The summed E-state index contributed by atoms with van der Waals surface area (Å²) in [7, 11) is 2.01. The molecule has 0 bridgehead atoms. The Kier molecular flexibility index (Phi) is 22.3. The van der Waals surface area contributed by atoms with Crippen LogP contribution in [0.5, 0.6) is 5.75 Å². The number of hydrogen-bond donors (Lipinski definition) is 8. The maximum atomic E-state index is 14.5. The van der Waals surface area contributed by atoms with Crippen molar-refractivity contribution in [3.63, 3.8) is 0 Å². The molecule has 90 heavy (non-hydrogen) atoms. The van der Waals surface area contributed by atoms with Gasteiger partial charge in [-0.3, -0.25) is 38.5 Å². The number of imide groups is 1. The van der Waals surface area contributed by atoms with Crippen LogP contribution in [0.25, 0.3) is 21.7 Å². The first-order valence-corrected chi connectivity index (χ1v) is 32.5. The van der Waals surface area contributed by atoms with Gasteiger partial charge < -0.3 is 62.1 Å². The molecule has 480 valence electrons. The number of urea groups is 1. The molecule has 0 spiro atoms. The Bertz CT molecular complexity index is 3510. The number of rotatable bonds is 25. The normalized spacial score (nSPS) is 18.0. The lowest BCUT2D eigenvalue weighted by Crippen LogP contribution is -2.52. The molecule has 3 fully saturated rings. The number of nitrogens with one attached hydrogen (secondary N) is 7. The number of likely N-dealkylation sites (tertiary alicyclic amines) is 1. The largest absolute Gasteiger partial charge is 0.415 e. The van der Waals surface area contributed by atoms with Crippen molar-refractivity contribution in [3.8, 4) is 5.75 Å². The van der Waals surface area contributed by atoms with Gasteiger partial charge in [-0.15, -0.1) is 23.4 Å². The molecule has 4 atom stereocenters. The van der Waals surface area contributed by atoms with Crippen molar-refractivity contribution in [3.05, 3.63) is 108 Å². The Hall–Kier alpha value is -7.99. The fraction of sp³-hybridized carbons (Fsp3) is 0.470. The van der Waals surface area contributed by atoms with Crippen LogP contribution in [-0.2, 0) is 24.0 Å². The second kappa shape index (κ2) is 30.2.